The molecule has 0 radical (unpaired) electrons. The first-order chi connectivity index (χ1) is 9.74. The molecule has 0 fully saturated rings. The zero-order valence-electron chi connectivity index (χ0n) is 11.8. The smallest absolute Gasteiger partial charge is 0.129 e. The molecule has 2 heterocycles. The fraction of sp³-hybridized carbons (Fsp3) is 0.353. The topological polar surface area (TPSA) is 36.4 Å². The van der Waals surface area contributed by atoms with E-state index in [1.807, 2.05) is 12.1 Å². The number of benzene rings is 1. The highest BCUT2D eigenvalue weighted by Crippen LogP contribution is 2.24. The zero-order valence-corrected chi connectivity index (χ0v) is 11.8. The van der Waals surface area contributed by atoms with Gasteiger partial charge in [-0.2, -0.15) is 0 Å². The molecule has 2 aromatic rings. The molecular weight excluding hydrogens is 248 g/mol. The molecule has 104 valence electrons. The predicted molar refractivity (Wildman–Crippen MR) is 80.7 cm³/mol. The van der Waals surface area contributed by atoms with E-state index in [1.165, 1.54) is 11.1 Å². The van der Waals surface area contributed by atoms with Crippen molar-refractivity contribution in [1.29, 1.82) is 0 Å². The summed E-state index contributed by atoms with van der Waals surface area (Å²) in [6.07, 6.45) is 3.60. The number of anilines is 1. The molecule has 1 atom stereocenters. The minimum atomic E-state index is -0.448. The molecule has 0 unspecified atom stereocenters. The predicted octanol–water partition coefficient (Wildman–Crippen LogP) is 3.09. The number of fused-ring (bicyclic) bond motifs is 1. The van der Waals surface area contributed by atoms with Crippen molar-refractivity contribution in [2.45, 2.75) is 32.4 Å². The van der Waals surface area contributed by atoms with Crippen molar-refractivity contribution < 1.29 is 5.11 Å². The van der Waals surface area contributed by atoms with Gasteiger partial charge >= 0.3 is 0 Å². The fourth-order valence-electron chi connectivity index (χ4n) is 2.76. The van der Waals surface area contributed by atoms with Crippen molar-refractivity contribution in [2.24, 2.45) is 0 Å². The van der Waals surface area contributed by atoms with Gasteiger partial charge in [-0.3, -0.25) is 0 Å². The number of aliphatic hydroxyl groups is 1. The lowest BCUT2D eigenvalue weighted by Gasteiger charge is -2.22. The van der Waals surface area contributed by atoms with Crippen LogP contribution in [-0.2, 0) is 13.0 Å². The van der Waals surface area contributed by atoms with Gasteiger partial charge in [0.05, 0.1) is 6.10 Å². The van der Waals surface area contributed by atoms with Gasteiger partial charge in [0.2, 0.25) is 0 Å². The highest BCUT2D eigenvalue weighted by Gasteiger charge is 2.16. The van der Waals surface area contributed by atoms with Crippen LogP contribution < -0.4 is 4.90 Å². The van der Waals surface area contributed by atoms with Gasteiger partial charge in [-0.25, -0.2) is 4.98 Å². The molecule has 0 bridgehead atoms. The number of rotatable bonds is 2. The summed E-state index contributed by atoms with van der Waals surface area (Å²) in [5.74, 6) is 0.958. The lowest BCUT2D eigenvalue weighted by molar-refractivity contribution is 0.199. The second kappa shape index (κ2) is 5.63. The summed E-state index contributed by atoms with van der Waals surface area (Å²) >= 11 is 0. The Morgan fingerprint density at radius 1 is 1.20 bits per heavy atom. The molecule has 20 heavy (non-hydrogen) atoms. The molecule has 1 N–H and O–H groups in total. The van der Waals surface area contributed by atoms with Crippen LogP contribution >= 0.6 is 0 Å². The SMILES string of the molecule is C[C@@H](O)c1ccnc(N2CCCc3ccccc3C2)c1. The summed E-state index contributed by atoms with van der Waals surface area (Å²) in [6.45, 7) is 3.69. The van der Waals surface area contributed by atoms with Crippen LogP contribution in [0.2, 0.25) is 0 Å². The lowest BCUT2D eigenvalue weighted by atomic mass is 10.0. The molecule has 0 amide bonds. The van der Waals surface area contributed by atoms with E-state index in [4.69, 9.17) is 0 Å². The van der Waals surface area contributed by atoms with Gasteiger partial charge < -0.3 is 10.0 Å². The number of pyridine rings is 1. The van der Waals surface area contributed by atoms with Gasteiger partial charge in [0, 0.05) is 19.3 Å². The highest BCUT2D eigenvalue weighted by atomic mass is 16.3. The van der Waals surface area contributed by atoms with E-state index in [1.54, 1.807) is 13.1 Å². The lowest BCUT2D eigenvalue weighted by Crippen LogP contribution is -2.23. The van der Waals surface area contributed by atoms with Crippen LogP contribution in [0.15, 0.2) is 42.6 Å². The maximum atomic E-state index is 9.71. The fourth-order valence-corrected chi connectivity index (χ4v) is 2.76. The van der Waals surface area contributed by atoms with Crippen molar-refractivity contribution in [2.75, 3.05) is 11.4 Å². The Bertz CT molecular complexity index is 595. The molecule has 0 saturated carbocycles. The van der Waals surface area contributed by atoms with Gasteiger partial charge in [0.1, 0.15) is 5.82 Å². The molecule has 0 spiro atoms. The van der Waals surface area contributed by atoms with Crippen molar-refractivity contribution in [3.8, 4) is 0 Å². The Morgan fingerprint density at radius 3 is 2.80 bits per heavy atom. The number of nitrogens with zero attached hydrogens (tertiary/aromatic N) is 2. The number of hydrogen-bond acceptors (Lipinski definition) is 3. The van der Waals surface area contributed by atoms with Gasteiger partial charge in [-0.15, -0.1) is 0 Å². The Kier molecular flexibility index (Phi) is 3.70. The maximum absolute atomic E-state index is 9.71. The Balaban J connectivity index is 1.89. The third kappa shape index (κ3) is 2.68. The van der Waals surface area contributed by atoms with E-state index < -0.39 is 6.10 Å². The van der Waals surface area contributed by atoms with Crippen LogP contribution in [0.25, 0.3) is 0 Å². The average molecular weight is 268 g/mol. The van der Waals surface area contributed by atoms with E-state index in [-0.39, 0.29) is 0 Å². The molecule has 3 heteroatoms. The Morgan fingerprint density at radius 2 is 2.00 bits per heavy atom. The zero-order chi connectivity index (χ0) is 13.9. The molecular formula is C17H20N2O. The second-order valence-corrected chi connectivity index (χ2v) is 5.42. The summed E-state index contributed by atoms with van der Waals surface area (Å²) in [4.78, 5) is 6.78. The standard InChI is InChI=1S/C17H20N2O/c1-13(20)15-8-9-18-17(11-15)19-10-4-7-14-5-2-3-6-16(14)12-19/h2-3,5-6,8-9,11,13,20H,4,7,10,12H2,1H3/t13-/m1/s1. The summed E-state index contributed by atoms with van der Waals surface area (Å²) in [5, 5.41) is 9.71. The van der Waals surface area contributed by atoms with Gasteiger partial charge in [-0.05, 0) is 48.6 Å². The Labute approximate surface area is 119 Å². The van der Waals surface area contributed by atoms with Crippen molar-refractivity contribution in [3.63, 3.8) is 0 Å². The molecule has 3 nitrogen and oxygen atoms in total. The van der Waals surface area contributed by atoms with E-state index in [0.29, 0.717) is 0 Å². The van der Waals surface area contributed by atoms with Gasteiger partial charge in [-0.1, -0.05) is 24.3 Å². The normalized spacial score (nSPS) is 16.4. The van der Waals surface area contributed by atoms with Crippen molar-refractivity contribution in [1.82, 2.24) is 4.98 Å². The summed E-state index contributed by atoms with van der Waals surface area (Å²) in [6, 6.07) is 12.5. The first kappa shape index (κ1) is 13.1. The quantitative estimate of drug-likeness (QED) is 0.909. The van der Waals surface area contributed by atoms with Crippen LogP contribution in [0.3, 0.4) is 0 Å². The monoisotopic (exact) mass is 268 g/mol. The van der Waals surface area contributed by atoms with Crippen LogP contribution in [0, 0.1) is 0 Å². The van der Waals surface area contributed by atoms with E-state index >= 15 is 0 Å². The summed E-state index contributed by atoms with van der Waals surface area (Å²) in [7, 11) is 0. The first-order valence-corrected chi connectivity index (χ1v) is 7.20. The van der Waals surface area contributed by atoms with Crippen LogP contribution in [0.4, 0.5) is 5.82 Å². The number of aryl methyl sites for hydroxylation is 1. The van der Waals surface area contributed by atoms with Crippen LogP contribution in [0.1, 0.15) is 36.1 Å². The molecule has 1 aliphatic rings. The third-order valence-corrected chi connectivity index (χ3v) is 3.93. The highest BCUT2D eigenvalue weighted by molar-refractivity contribution is 5.44. The minimum Gasteiger partial charge on any atom is -0.389 e. The van der Waals surface area contributed by atoms with E-state index in [0.717, 1.165) is 37.3 Å². The number of aromatic nitrogens is 1. The average Bonchev–Trinajstić information content (AvgIpc) is 2.69. The second-order valence-electron chi connectivity index (χ2n) is 5.42. The van der Waals surface area contributed by atoms with Crippen molar-refractivity contribution in [3.05, 3.63) is 59.3 Å². The molecule has 1 aromatic carbocycles. The molecule has 3 rings (SSSR count). The molecule has 1 aromatic heterocycles. The molecule has 1 aliphatic heterocycles. The maximum Gasteiger partial charge on any atom is 0.129 e. The summed E-state index contributed by atoms with van der Waals surface area (Å²) in [5.41, 5.74) is 3.75. The van der Waals surface area contributed by atoms with Crippen LogP contribution in [0.5, 0.6) is 0 Å². The van der Waals surface area contributed by atoms with E-state index in [9.17, 15) is 5.11 Å². The third-order valence-electron chi connectivity index (χ3n) is 3.93. The first-order valence-electron chi connectivity index (χ1n) is 7.20. The largest absolute Gasteiger partial charge is 0.389 e. The molecule has 0 saturated heterocycles. The van der Waals surface area contributed by atoms with Gasteiger partial charge in [0.25, 0.3) is 0 Å². The van der Waals surface area contributed by atoms with Crippen LogP contribution in [-0.4, -0.2) is 16.6 Å². The number of hydrogen-bond donors (Lipinski definition) is 1. The van der Waals surface area contributed by atoms with Crippen molar-refractivity contribution >= 4 is 5.82 Å². The van der Waals surface area contributed by atoms with E-state index in [2.05, 4.69) is 34.1 Å². The molecule has 0 aliphatic carbocycles. The van der Waals surface area contributed by atoms with Gasteiger partial charge in [0.15, 0.2) is 0 Å². The summed E-state index contributed by atoms with van der Waals surface area (Å²) < 4.78 is 0. The minimum absolute atomic E-state index is 0.448. The Hall–Kier alpha value is -1.87. The number of aliphatic hydroxyl groups excluding tert-OH is 1.